The zero-order valence-corrected chi connectivity index (χ0v) is 9.27. The molecule has 1 heteroatoms. The van der Waals surface area contributed by atoms with E-state index in [1.54, 1.807) is 0 Å². The third-order valence-corrected chi connectivity index (χ3v) is 3.76. The summed E-state index contributed by atoms with van der Waals surface area (Å²) in [5, 5.41) is 2.85. The minimum Gasteiger partial charge on any atom is -0.132 e. The molecule has 0 spiro atoms. The molecule has 3 rings (SSSR count). The van der Waals surface area contributed by atoms with E-state index in [9.17, 15) is 0 Å². The first-order valence-electron chi connectivity index (χ1n) is 5.06. The molecular weight excluding hydrogens is 199 g/mol. The predicted octanol–water partition coefficient (Wildman–Crippen LogP) is 4.54. The van der Waals surface area contributed by atoms with Crippen molar-refractivity contribution in [2.45, 2.75) is 0 Å². The largest absolute Gasteiger partial charge is 0.132 e. The molecule has 0 fully saturated rings. The van der Waals surface area contributed by atoms with E-state index in [1.165, 1.54) is 21.6 Å². The Labute approximate surface area is 90.7 Å². The van der Waals surface area contributed by atoms with E-state index in [2.05, 4.69) is 60.4 Å². The topological polar surface area (TPSA) is 0 Å². The van der Waals surface area contributed by atoms with E-state index in [4.69, 9.17) is 0 Å². The lowest BCUT2D eigenvalue weighted by Crippen LogP contribution is -1.75. The van der Waals surface area contributed by atoms with E-state index in [-0.39, 0.29) is 0 Å². The van der Waals surface area contributed by atoms with Gasteiger partial charge in [0.1, 0.15) is 0 Å². The number of hydrogen-bond donors (Lipinski definition) is 0. The van der Waals surface area contributed by atoms with Crippen LogP contribution < -0.4 is 0 Å². The average molecular weight is 210 g/mol. The number of fused-ring (bicyclic) bond motifs is 1. The van der Waals surface area contributed by atoms with Crippen LogP contribution in [0.5, 0.6) is 0 Å². The van der Waals surface area contributed by atoms with Crippen molar-refractivity contribution in [1.29, 1.82) is 0 Å². The number of hydrogen-bond acceptors (Lipinski definition) is 0. The van der Waals surface area contributed by atoms with Crippen LogP contribution in [0.25, 0.3) is 21.6 Å². The second kappa shape index (κ2) is 3.56. The first kappa shape index (κ1) is 8.76. The summed E-state index contributed by atoms with van der Waals surface area (Å²) in [6.45, 7) is 0. The number of benzene rings is 2. The quantitative estimate of drug-likeness (QED) is 0.553. The molecule has 0 nitrogen and oxygen atoms in total. The van der Waals surface area contributed by atoms with Gasteiger partial charge in [-0.25, -0.2) is 0 Å². The Morgan fingerprint density at radius 2 is 1.60 bits per heavy atom. The predicted molar refractivity (Wildman–Crippen MR) is 68.9 cm³/mol. The molecule has 0 aliphatic heterocycles. The molecule has 0 amide bonds. The third kappa shape index (κ3) is 1.58. The van der Waals surface area contributed by atoms with Crippen LogP contribution >= 0.6 is 8.19 Å². The average Bonchev–Trinajstić information content (AvgIpc) is 2.77. The number of rotatable bonds is 1. The molecule has 1 aromatic heterocycles. The summed E-state index contributed by atoms with van der Waals surface area (Å²) < 4.78 is 0. The minimum atomic E-state index is 0.853. The first-order chi connectivity index (χ1) is 7.43. The molecule has 0 saturated carbocycles. The molecule has 3 aromatic rings. The summed E-state index contributed by atoms with van der Waals surface area (Å²) >= 11 is 0. The lowest BCUT2D eigenvalue weighted by atomic mass is 10.0. The van der Waals surface area contributed by atoms with E-state index >= 15 is 0 Å². The fourth-order valence-electron chi connectivity index (χ4n) is 1.86. The van der Waals surface area contributed by atoms with E-state index < -0.39 is 0 Å². The summed E-state index contributed by atoms with van der Waals surface area (Å²) in [5.74, 6) is 2.25. The lowest BCUT2D eigenvalue weighted by Gasteiger charge is -2.01. The molecule has 0 saturated heterocycles. The molecule has 0 aliphatic carbocycles. The van der Waals surface area contributed by atoms with Crippen molar-refractivity contribution in [1.82, 2.24) is 0 Å². The van der Waals surface area contributed by atoms with Crippen molar-refractivity contribution in [2.75, 3.05) is 0 Å². The summed E-state index contributed by atoms with van der Waals surface area (Å²) in [6.07, 6.45) is 0. The van der Waals surface area contributed by atoms with Crippen LogP contribution in [0.1, 0.15) is 0 Å². The third-order valence-electron chi connectivity index (χ3n) is 2.66. The molecule has 0 aliphatic rings. The van der Waals surface area contributed by atoms with Crippen LogP contribution in [0.4, 0.5) is 0 Å². The van der Waals surface area contributed by atoms with Crippen LogP contribution in [-0.4, -0.2) is 0 Å². The van der Waals surface area contributed by atoms with Gasteiger partial charge in [0.25, 0.3) is 0 Å². The molecule has 0 N–H and O–H groups in total. The van der Waals surface area contributed by atoms with Crippen molar-refractivity contribution >= 4 is 18.7 Å². The highest BCUT2D eigenvalue weighted by Gasteiger charge is 1.98. The first-order valence-corrected chi connectivity index (χ1v) is 6.14. The van der Waals surface area contributed by atoms with Crippen LogP contribution in [0.15, 0.2) is 60.4 Å². The van der Waals surface area contributed by atoms with E-state index in [0.717, 1.165) is 8.19 Å². The van der Waals surface area contributed by atoms with Crippen LogP contribution in [0.2, 0.25) is 0 Å². The van der Waals surface area contributed by atoms with Crippen molar-refractivity contribution < 1.29 is 0 Å². The van der Waals surface area contributed by atoms with Gasteiger partial charge in [0, 0.05) is 0 Å². The Kier molecular flexibility index (Phi) is 2.08. The molecule has 72 valence electrons. The molecule has 1 atom stereocenters. The van der Waals surface area contributed by atoms with Crippen molar-refractivity contribution in [2.24, 2.45) is 0 Å². The Morgan fingerprint density at radius 3 is 2.47 bits per heavy atom. The maximum atomic E-state index is 2.28. The molecule has 1 heterocycles. The highest BCUT2D eigenvalue weighted by atomic mass is 31.0. The van der Waals surface area contributed by atoms with Crippen molar-refractivity contribution in [3.63, 3.8) is 0 Å². The van der Waals surface area contributed by atoms with Crippen LogP contribution in [0.3, 0.4) is 0 Å². The van der Waals surface area contributed by atoms with E-state index in [0.29, 0.717) is 0 Å². The lowest BCUT2D eigenvalue weighted by molar-refractivity contribution is 1.66. The van der Waals surface area contributed by atoms with E-state index in [1.807, 2.05) is 0 Å². The van der Waals surface area contributed by atoms with Crippen molar-refractivity contribution in [3.8, 4) is 11.1 Å². The molecule has 1 unspecified atom stereocenters. The van der Waals surface area contributed by atoms with Gasteiger partial charge in [-0.05, 0) is 33.5 Å². The van der Waals surface area contributed by atoms with Gasteiger partial charge < -0.3 is 0 Å². The standard InChI is InChI=1S/C14H11P/c1-2-4-11(5-3-1)12-6-7-14-13(10-12)8-9-15-14/h1-10,15H. The summed E-state index contributed by atoms with van der Waals surface area (Å²) in [5.41, 5.74) is 2.61. The van der Waals surface area contributed by atoms with Gasteiger partial charge >= 0.3 is 0 Å². The maximum Gasteiger partial charge on any atom is -0.00179 e. The Hall–Kier alpha value is -1.52. The Bertz CT molecular complexity index is 578. The van der Waals surface area contributed by atoms with Gasteiger partial charge in [0.05, 0.1) is 0 Å². The van der Waals surface area contributed by atoms with Gasteiger partial charge in [-0.1, -0.05) is 48.5 Å². The van der Waals surface area contributed by atoms with Gasteiger partial charge in [-0.15, -0.1) is 8.19 Å². The molecule has 15 heavy (non-hydrogen) atoms. The summed E-state index contributed by atoms with van der Waals surface area (Å²) in [4.78, 5) is 0. The zero-order valence-electron chi connectivity index (χ0n) is 8.27. The Morgan fingerprint density at radius 1 is 0.733 bits per heavy atom. The van der Waals surface area contributed by atoms with Gasteiger partial charge in [-0.2, -0.15) is 0 Å². The zero-order chi connectivity index (χ0) is 10.1. The second-order valence-electron chi connectivity index (χ2n) is 3.65. The molecule has 2 aromatic carbocycles. The second-order valence-corrected chi connectivity index (χ2v) is 4.81. The molecule has 0 radical (unpaired) electrons. The molecular formula is C14H11P. The summed E-state index contributed by atoms with van der Waals surface area (Å²) in [7, 11) is 0.853. The fourth-order valence-corrected chi connectivity index (χ4v) is 2.81. The van der Waals surface area contributed by atoms with Crippen molar-refractivity contribution in [3.05, 3.63) is 60.4 Å². The van der Waals surface area contributed by atoms with Crippen LogP contribution in [-0.2, 0) is 0 Å². The minimum absolute atomic E-state index is 0.853. The monoisotopic (exact) mass is 210 g/mol. The summed E-state index contributed by atoms with van der Waals surface area (Å²) in [6, 6.07) is 19.5. The fraction of sp³-hybridized carbons (Fsp3) is 0. The smallest absolute Gasteiger partial charge is 0.00179 e. The highest BCUT2D eigenvalue weighted by molar-refractivity contribution is 7.36. The van der Waals surface area contributed by atoms with Crippen LogP contribution in [0, 0.1) is 0 Å². The highest BCUT2D eigenvalue weighted by Crippen LogP contribution is 2.29. The van der Waals surface area contributed by atoms with Gasteiger partial charge in [0.2, 0.25) is 0 Å². The SMILES string of the molecule is c1ccc(-c2ccc3[pH]ccc3c2)cc1. The van der Waals surface area contributed by atoms with Gasteiger partial charge in [0.15, 0.2) is 0 Å². The Balaban J connectivity index is 2.19. The van der Waals surface area contributed by atoms with Gasteiger partial charge in [-0.3, -0.25) is 0 Å². The maximum absolute atomic E-state index is 2.28. The normalized spacial score (nSPS) is 11.2. The molecule has 0 bridgehead atoms.